The van der Waals surface area contributed by atoms with Gasteiger partial charge in [0.05, 0.1) is 10.6 Å². The van der Waals surface area contributed by atoms with Gasteiger partial charge in [-0.05, 0) is 30.3 Å². The number of nitrogens with one attached hydrogen (secondary N) is 1. The summed E-state index contributed by atoms with van der Waals surface area (Å²) in [7, 11) is 0. The van der Waals surface area contributed by atoms with E-state index in [0.717, 1.165) is 12.1 Å². The molecule has 29 heavy (non-hydrogen) atoms. The molecule has 2 amide bonds. The first-order chi connectivity index (χ1) is 13.8. The number of carbonyl (C=O) groups is 2. The van der Waals surface area contributed by atoms with E-state index in [4.69, 9.17) is 11.6 Å². The summed E-state index contributed by atoms with van der Waals surface area (Å²) in [5.41, 5.74) is 0.0848. The number of nitro groups is 1. The summed E-state index contributed by atoms with van der Waals surface area (Å²) in [6.07, 6.45) is 0. The predicted octanol–water partition coefficient (Wildman–Crippen LogP) is 3.31. The van der Waals surface area contributed by atoms with Crippen molar-refractivity contribution >= 4 is 40.5 Å². The van der Waals surface area contributed by atoms with E-state index in [1.165, 1.54) is 31.2 Å². The van der Waals surface area contributed by atoms with E-state index in [0.29, 0.717) is 31.9 Å². The molecule has 0 radical (unpaired) electrons. The number of nitrogens with zero attached hydrogens (tertiary/aromatic N) is 3. The number of anilines is 2. The molecule has 3 rings (SSSR count). The van der Waals surface area contributed by atoms with Gasteiger partial charge in [0.1, 0.15) is 11.5 Å². The van der Waals surface area contributed by atoms with Crippen molar-refractivity contribution in [2.45, 2.75) is 6.92 Å². The van der Waals surface area contributed by atoms with Gasteiger partial charge in [-0.15, -0.1) is 0 Å². The SMILES string of the molecule is CC(=O)N1CCN(c2ccc(C(=O)Nc3ccc(Cl)cc3F)cc2[N+](=O)[O-])CC1. The van der Waals surface area contributed by atoms with Crippen LogP contribution in [-0.4, -0.2) is 47.8 Å². The lowest BCUT2D eigenvalue weighted by Gasteiger charge is -2.35. The second-order valence-corrected chi connectivity index (χ2v) is 6.97. The molecule has 0 bridgehead atoms. The van der Waals surface area contributed by atoms with Crippen molar-refractivity contribution in [3.8, 4) is 0 Å². The highest BCUT2D eigenvalue weighted by Gasteiger charge is 2.26. The van der Waals surface area contributed by atoms with Gasteiger partial charge in [0.15, 0.2) is 0 Å². The lowest BCUT2D eigenvalue weighted by Crippen LogP contribution is -2.48. The average molecular weight is 421 g/mol. The third-order valence-electron chi connectivity index (χ3n) is 4.68. The van der Waals surface area contributed by atoms with E-state index >= 15 is 0 Å². The van der Waals surface area contributed by atoms with Crippen molar-refractivity contribution < 1.29 is 18.9 Å². The molecule has 1 aliphatic heterocycles. The van der Waals surface area contributed by atoms with E-state index in [2.05, 4.69) is 5.32 Å². The van der Waals surface area contributed by atoms with Crippen LogP contribution in [-0.2, 0) is 4.79 Å². The molecule has 0 spiro atoms. The zero-order valence-corrected chi connectivity index (χ0v) is 16.3. The highest BCUT2D eigenvalue weighted by molar-refractivity contribution is 6.30. The smallest absolute Gasteiger partial charge is 0.293 e. The summed E-state index contributed by atoms with van der Waals surface area (Å²) < 4.78 is 13.9. The van der Waals surface area contributed by atoms with E-state index in [1.807, 2.05) is 0 Å². The van der Waals surface area contributed by atoms with Gasteiger partial charge in [-0.3, -0.25) is 19.7 Å². The maximum absolute atomic E-state index is 13.9. The second-order valence-electron chi connectivity index (χ2n) is 6.53. The highest BCUT2D eigenvalue weighted by Crippen LogP contribution is 2.30. The molecule has 0 atom stereocenters. The van der Waals surface area contributed by atoms with Crippen molar-refractivity contribution in [2.75, 3.05) is 36.4 Å². The van der Waals surface area contributed by atoms with E-state index in [1.54, 1.807) is 9.80 Å². The van der Waals surface area contributed by atoms with Crippen LogP contribution in [0.25, 0.3) is 0 Å². The lowest BCUT2D eigenvalue weighted by molar-refractivity contribution is -0.384. The summed E-state index contributed by atoms with van der Waals surface area (Å²) in [4.78, 5) is 38.4. The molecule has 0 aliphatic carbocycles. The van der Waals surface area contributed by atoms with Gasteiger partial charge in [0, 0.05) is 49.8 Å². The number of carbonyl (C=O) groups excluding carboxylic acids is 2. The van der Waals surface area contributed by atoms with Crippen LogP contribution in [0, 0.1) is 15.9 Å². The minimum absolute atomic E-state index is 0.0252. The van der Waals surface area contributed by atoms with Crippen molar-refractivity contribution in [3.63, 3.8) is 0 Å². The molecule has 2 aromatic rings. The lowest BCUT2D eigenvalue weighted by atomic mass is 10.1. The van der Waals surface area contributed by atoms with Gasteiger partial charge in [-0.25, -0.2) is 4.39 Å². The molecular formula is C19H18ClFN4O4. The molecule has 1 heterocycles. The Morgan fingerprint density at radius 1 is 1.14 bits per heavy atom. The number of halogens is 2. The van der Waals surface area contributed by atoms with Gasteiger partial charge in [0.2, 0.25) is 5.91 Å². The quantitative estimate of drug-likeness (QED) is 0.604. The van der Waals surface area contributed by atoms with Gasteiger partial charge in [0.25, 0.3) is 11.6 Å². The summed E-state index contributed by atoms with van der Waals surface area (Å²) in [5, 5.41) is 14.1. The van der Waals surface area contributed by atoms with Crippen LogP contribution in [0.1, 0.15) is 17.3 Å². The maximum Gasteiger partial charge on any atom is 0.293 e. The van der Waals surface area contributed by atoms with Crippen molar-refractivity contribution in [2.24, 2.45) is 0 Å². The van der Waals surface area contributed by atoms with Crippen LogP contribution in [0.5, 0.6) is 0 Å². The predicted molar refractivity (Wildman–Crippen MR) is 107 cm³/mol. The fraction of sp³-hybridized carbons (Fsp3) is 0.263. The molecule has 0 aromatic heterocycles. The molecule has 2 aromatic carbocycles. The normalized spacial score (nSPS) is 13.9. The Bertz CT molecular complexity index is 977. The Kier molecular flexibility index (Phi) is 5.97. The minimum atomic E-state index is -0.708. The Morgan fingerprint density at radius 3 is 2.41 bits per heavy atom. The number of nitro benzene ring substituents is 1. The van der Waals surface area contributed by atoms with Crippen molar-refractivity contribution in [3.05, 3.63) is 62.9 Å². The number of benzene rings is 2. The second kappa shape index (κ2) is 8.44. The van der Waals surface area contributed by atoms with Crippen LogP contribution in [0.4, 0.5) is 21.5 Å². The van der Waals surface area contributed by atoms with Gasteiger partial charge >= 0.3 is 0 Å². The van der Waals surface area contributed by atoms with Crippen molar-refractivity contribution in [1.29, 1.82) is 0 Å². The molecule has 0 saturated carbocycles. The maximum atomic E-state index is 13.9. The molecule has 152 valence electrons. The minimum Gasteiger partial charge on any atom is -0.362 e. The van der Waals surface area contributed by atoms with Crippen LogP contribution < -0.4 is 10.2 Å². The average Bonchev–Trinajstić information content (AvgIpc) is 2.69. The van der Waals surface area contributed by atoms with Crippen LogP contribution in [0.15, 0.2) is 36.4 Å². The Morgan fingerprint density at radius 2 is 1.83 bits per heavy atom. The van der Waals surface area contributed by atoms with Crippen LogP contribution in [0.3, 0.4) is 0 Å². The number of hydrogen-bond donors (Lipinski definition) is 1. The molecule has 0 unspecified atom stereocenters. The van der Waals surface area contributed by atoms with Gasteiger partial charge < -0.3 is 15.1 Å². The third-order valence-corrected chi connectivity index (χ3v) is 4.91. The number of piperazine rings is 1. The van der Waals surface area contributed by atoms with E-state index < -0.39 is 16.6 Å². The molecule has 10 heteroatoms. The first-order valence-corrected chi connectivity index (χ1v) is 9.19. The molecule has 8 nitrogen and oxygen atoms in total. The van der Waals surface area contributed by atoms with E-state index in [-0.39, 0.29) is 27.9 Å². The Labute approximate surface area is 171 Å². The van der Waals surface area contributed by atoms with Crippen LogP contribution in [0.2, 0.25) is 5.02 Å². The van der Waals surface area contributed by atoms with Crippen LogP contribution >= 0.6 is 11.6 Å². The van der Waals surface area contributed by atoms with Crippen molar-refractivity contribution in [1.82, 2.24) is 4.90 Å². The largest absolute Gasteiger partial charge is 0.362 e. The summed E-state index contributed by atoms with van der Waals surface area (Å²) in [6.45, 7) is 3.30. The molecular weight excluding hydrogens is 403 g/mol. The van der Waals surface area contributed by atoms with Gasteiger partial charge in [-0.1, -0.05) is 11.6 Å². The number of amides is 2. The first-order valence-electron chi connectivity index (χ1n) is 8.81. The standard InChI is InChI=1S/C19H18ClFN4O4/c1-12(26)23-6-8-24(9-7-23)17-5-2-13(10-18(17)25(28)29)19(27)22-16-4-3-14(20)11-15(16)21/h2-5,10-11H,6-9H2,1H3,(H,22,27). The Balaban J connectivity index is 1.81. The number of hydrogen-bond acceptors (Lipinski definition) is 5. The zero-order valence-electron chi connectivity index (χ0n) is 15.5. The molecule has 1 fully saturated rings. The fourth-order valence-electron chi connectivity index (χ4n) is 3.13. The Hall–Kier alpha value is -3.20. The molecule has 1 saturated heterocycles. The van der Waals surface area contributed by atoms with E-state index in [9.17, 15) is 24.1 Å². The summed E-state index contributed by atoms with van der Waals surface area (Å²) in [6, 6.07) is 7.90. The summed E-state index contributed by atoms with van der Waals surface area (Å²) >= 11 is 5.69. The number of rotatable bonds is 4. The zero-order chi connectivity index (χ0) is 21.1. The monoisotopic (exact) mass is 420 g/mol. The molecule has 1 aliphatic rings. The topological polar surface area (TPSA) is 95.8 Å². The van der Waals surface area contributed by atoms with Gasteiger partial charge in [-0.2, -0.15) is 0 Å². The fourth-order valence-corrected chi connectivity index (χ4v) is 3.28. The first kappa shape index (κ1) is 20.5. The third kappa shape index (κ3) is 4.62. The summed E-state index contributed by atoms with van der Waals surface area (Å²) in [5.74, 6) is -1.43. The highest BCUT2D eigenvalue weighted by atomic mass is 35.5. The molecule has 1 N–H and O–H groups in total.